The van der Waals surface area contributed by atoms with Gasteiger partial charge in [0.25, 0.3) is 0 Å². The zero-order valence-electron chi connectivity index (χ0n) is 16.7. The minimum atomic E-state index is -0.349. The topological polar surface area (TPSA) is 43.3 Å². The van der Waals surface area contributed by atoms with Gasteiger partial charge in [0.15, 0.2) is 11.5 Å². The van der Waals surface area contributed by atoms with Gasteiger partial charge in [0.05, 0.1) is 26.0 Å². The zero-order chi connectivity index (χ0) is 20.7. The first-order valence-electron chi connectivity index (χ1n) is 9.77. The molecule has 5 nitrogen and oxygen atoms in total. The molecule has 6 heteroatoms. The van der Waals surface area contributed by atoms with E-state index >= 15 is 0 Å². The Morgan fingerprint density at radius 1 is 0.967 bits per heavy atom. The van der Waals surface area contributed by atoms with E-state index in [0.29, 0.717) is 11.5 Å². The standard InChI is InChI=1S/C24H21BrN2O3/c1-28-22-12-9-16(13-23(22)29-2)24-27-20(18-5-3-4-6-21(18)30-24)14-19(26-27)15-7-10-17(25)11-8-15/h3-13,20,24H,14H2,1-2H3/t20-,24-/m0/s1. The van der Waals surface area contributed by atoms with Gasteiger partial charge in [-0.25, -0.2) is 5.01 Å². The summed E-state index contributed by atoms with van der Waals surface area (Å²) in [5.41, 5.74) is 4.30. The van der Waals surface area contributed by atoms with E-state index in [1.54, 1.807) is 14.2 Å². The van der Waals surface area contributed by atoms with Crippen LogP contribution in [0.3, 0.4) is 0 Å². The second-order valence-corrected chi connectivity index (χ2v) is 8.19. The molecule has 0 fully saturated rings. The zero-order valence-corrected chi connectivity index (χ0v) is 18.3. The summed E-state index contributed by atoms with van der Waals surface area (Å²) < 4.78 is 18.4. The van der Waals surface area contributed by atoms with Crippen LogP contribution in [-0.2, 0) is 0 Å². The van der Waals surface area contributed by atoms with Gasteiger partial charge in [-0.05, 0) is 42.0 Å². The molecule has 0 radical (unpaired) electrons. The summed E-state index contributed by atoms with van der Waals surface area (Å²) >= 11 is 3.51. The molecular weight excluding hydrogens is 444 g/mol. The Morgan fingerprint density at radius 2 is 1.73 bits per heavy atom. The molecule has 152 valence electrons. The molecule has 0 N–H and O–H groups in total. The third-order valence-electron chi connectivity index (χ3n) is 5.57. The van der Waals surface area contributed by atoms with Crippen LogP contribution in [0.4, 0.5) is 0 Å². The lowest BCUT2D eigenvalue weighted by atomic mass is 9.96. The number of ether oxygens (including phenoxy) is 3. The maximum absolute atomic E-state index is 6.42. The lowest BCUT2D eigenvalue weighted by Gasteiger charge is -2.38. The van der Waals surface area contributed by atoms with Gasteiger partial charge in [0.2, 0.25) is 6.23 Å². The van der Waals surface area contributed by atoms with Crippen molar-refractivity contribution < 1.29 is 14.2 Å². The molecular formula is C24H21BrN2O3. The summed E-state index contributed by atoms with van der Waals surface area (Å²) in [6.45, 7) is 0. The first kappa shape index (κ1) is 19.0. The van der Waals surface area contributed by atoms with Crippen LogP contribution in [0.15, 0.2) is 76.3 Å². The van der Waals surface area contributed by atoms with E-state index in [4.69, 9.17) is 19.3 Å². The first-order valence-corrected chi connectivity index (χ1v) is 10.6. The lowest BCUT2D eigenvalue weighted by molar-refractivity contribution is -0.0191. The largest absolute Gasteiger partial charge is 0.493 e. The van der Waals surface area contributed by atoms with Crippen LogP contribution in [0, 0.1) is 0 Å². The average molecular weight is 465 g/mol. The number of hydrogen-bond donors (Lipinski definition) is 0. The maximum Gasteiger partial charge on any atom is 0.214 e. The Hall–Kier alpha value is -2.99. The number of nitrogens with zero attached hydrogens (tertiary/aromatic N) is 2. The second-order valence-electron chi connectivity index (χ2n) is 7.28. The Labute approximate surface area is 184 Å². The molecule has 0 saturated carbocycles. The van der Waals surface area contributed by atoms with Crippen LogP contribution in [0.5, 0.6) is 17.2 Å². The van der Waals surface area contributed by atoms with Crippen LogP contribution in [-0.4, -0.2) is 24.9 Å². The fourth-order valence-corrected chi connectivity index (χ4v) is 4.34. The van der Waals surface area contributed by atoms with E-state index in [9.17, 15) is 0 Å². The molecule has 0 aliphatic carbocycles. The first-order chi connectivity index (χ1) is 14.7. The molecule has 0 aromatic heterocycles. The Balaban J connectivity index is 1.58. The molecule has 3 aromatic rings. The minimum Gasteiger partial charge on any atom is -0.493 e. The van der Waals surface area contributed by atoms with Crippen LogP contribution >= 0.6 is 15.9 Å². The number of hydrazone groups is 1. The van der Waals surface area contributed by atoms with Gasteiger partial charge in [-0.1, -0.05) is 46.3 Å². The van der Waals surface area contributed by atoms with E-state index in [1.807, 2.05) is 42.5 Å². The van der Waals surface area contributed by atoms with Crippen molar-refractivity contribution in [2.24, 2.45) is 5.10 Å². The van der Waals surface area contributed by atoms with E-state index in [0.717, 1.165) is 39.0 Å². The molecule has 2 aliphatic heterocycles. The molecule has 2 atom stereocenters. The highest BCUT2D eigenvalue weighted by Crippen LogP contribution is 2.48. The summed E-state index contributed by atoms with van der Waals surface area (Å²) in [4.78, 5) is 0. The van der Waals surface area contributed by atoms with E-state index in [2.05, 4.69) is 45.2 Å². The molecule has 0 amide bonds. The summed E-state index contributed by atoms with van der Waals surface area (Å²) in [7, 11) is 3.28. The lowest BCUT2D eigenvalue weighted by Crippen LogP contribution is -2.33. The van der Waals surface area contributed by atoms with Crippen molar-refractivity contribution in [2.75, 3.05) is 14.2 Å². The van der Waals surface area contributed by atoms with Gasteiger partial charge in [-0.3, -0.25) is 0 Å². The van der Waals surface area contributed by atoms with Crippen molar-refractivity contribution in [3.05, 3.63) is 87.9 Å². The van der Waals surface area contributed by atoms with Gasteiger partial charge < -0.3 is 14.2 Å². The van der Waals surface area contributed by atoms with E-state index in [-0.39, 0.29) is 12.3 Å². The smallest absolute Gasteiger partial charge is 0.214 e. The molecule has 5 rings (SSSR count). The molecule has 0 bridgehead atoms. The predicted octanol–water partition coefficient (Wildman–Crippen LogP) is 5.71. The quantitative estimate of drug-likeness (QED) is 0.495. The molecule has 2 heterocycles. The fourth-order valence-electron chi connectivity index (χ4n) is 4.08. The van der Waals surface area contributed by atoms with Crippen molar-refractivity contribution in [3.63, 3.8) is 0 Å². The summed E-state index contributed by atoms with van der Waals surface area (Å²) in [5, 5.41) is 7.07. The normalized spacial score (nSPS) is 19.4. The number of fused-ring (bicyclic) bond motifs is 3. The van der Waals surface area contributed by atoms with Crippen LogP contribution in [0.1, 0.15) is 35.4 Å². The third kappa shape index (κ3) is 3.21. The number of hydrogen-bond acceptors (Lipinski definition) is 5. The summed E-state index contributed by atoms with van der Waals surface area (Å²) in [5.74, 6) is 2.26. The van der Waals surface area contributed by atoms with Crippen LogP contribution < -0.4 is 14.2 Å². The van der Waals surface area contributed by atoms with E-state index < -0.39 is 0 Å². The van der Waals surface area contributed by atoms with Gasteiger partial charge in [-0.2, -0.15) is 5.10 Å². The highest BCUT2D eigenvalue weighted by Gasteiger charge is 2.41. The number of benzene rings is 3. The highest BCUT2D eigenvalue weighted by molar-refractivity contribution is 9.10. The van der Waals surface area contributed by atoms with E-state index in [1.165, 1.54) is 0 Å². The van der Waals surface area contributed by atoms with Crippen molar-refractivity contribution in [2.45, 2.75) is 18.7 Å². The van der Waals surface area contributed by atoms with Gasteiger partial charge in [0.1, 0.15) is 5.75 Å². The summed E-state index contributed by atoms with van der Waals surface area (Å²) in [6, 6.07) is 22.5. The minimum absolute atomic E-state index is 0.117. The fraction of sp³-hybridized carbons (Fsp3) is 0.208. The molecule has 30 heavy (non-hydrogen) atoms. The Bertz CT molecular complexity index is 1110. The SMILES string of the molecule is COc1ccc([C@@H]2Oc3ccccc3[C@@H]3CC(c4ccc(Br)cc4)=NN32)cc1OC. The monoisotopic (exact) mass is 464 g/mol. The van der Waals surface area contributed by atoms with Crippen LogP contribution in [0.25, 0.3) is 0 Å². The molecule has 0 saturated heterocycles. The molecule has 3 aromatic carbocycles. The highest BCUT2D eigenvalue weighted by atomic mass is 79.9. The molecule has 0 unspecified atom stereocenters. The number of rotatable bonds is 4. The number of halogens is 1. The third-order valence-corrected chi connectivity index (χ3v) is 6.10. The van der Waals surface area contributed by atoms with Gasteiger partial charge in [0, 0.05) is 22.0 Å². The van der Waals surface area contributed by atoms with Gasteiger partial charge >= 0.3 is 0 Å². The van der Waals surface area contributed by atoms with Crippen molar-refractivity contribution >= 4 is 21.6 Å². The Morgan fingerprint density at radius 3 is 2.50 bits per heavy atom. The summed E-state index contributed by atoms with van der Waals surface area (Å²) in [6.07, 6.45) is 0.476. The van der Waals surface area contributed by atoms with Gasteiger partial charge in [-0.15, -0.1) is 0 Å². The van der Waals surface area contributed by atoms with Crippen LogP contribution in [0.2, 0.25) is 0 Å². The molecule has 0 spiro atoms. The van der Waals surface area contributed by atoms with Crippen molar-refractivity contribution in [3.8, 4) is 17.2 Å². The predicted molar refractivity (Wildman–Crippen MR) is 119 cm³/mol. The van der Waals surface area contributed by atoms with Crippen molar-refractivity contribution in [1.82, 2.24) is 5.01 Å². The number of methoxy groups -OCH3 is 2. The average Bonchev–Trinajstić information content (AvgIpc) is 3.24. The number of para-hydroxylation sites is 1. The second kappa shape index (κ2) is 7.69. The maximum atomic E-state index is 6.42. The Kier molecular flexibility index (Phi) is 4.87. The van der Waals surface area contributed by atoms with Crippen molar-refractivity contribution in [1.29, 1.82) is 0 Å². The molecule has 2 aliphatic rings.